The third-order valence-corrected chi connectivity index (χ3v) is 10.0. The van der Waals surface area contributed by atoms with Crippen molar-refractivity contribution in [1.29, 1.82) is 0 Å². The maximum absolute atomic E-state index is 15.8. The predicted octanol–water partition coefficient (Wildman–Crippen LogP) is 7.61. The molecule has 256 valence electrons. The number of ether oxygens (including phenoxy) is 2. The standard InChI is InChI=1S/C42H40BrFN2O4/c1-30(45-40(48)31-16-8-5-9-17-31)46-41(36-26-35(43)24-25-38(36)44)29-49-39(37(41)27-47)28-50-42(33-20-12-6-13-21-33,34-22-14-7-15-23-34)32-18-10-3-2-4-11-19-32/h2-3,5-10,12-14,16-18,20-22,24-26,32,37,39,46-47H,1,4,15,23,27-29H2,(H,45,48)/b3-2-,18-10?/t32?,37-,39-,41-,42?/m1/s1. The number of hydrogen-bond acceptors (Lipinski definition) is 5. The molecule has 0 aromatic heterocycles. The van der Waals surface area contributed by atoms with Crippen LogP contribution < -0.4 is 10.6 Å². The number of aliphatic hydroxyl groups excluding tert-OH is 1. The number of hydrogen-bond donors (Lipinski definition) is 3. The minimum Gasteiger partial charge on any atom is -0.396 e. The largest absolute Gasteiger partial charge is 0.396 e. The molecule has 0 saturated carbocycles. The number of allylic oxidation sites excluding steroid dienone is 6. The molecule has 0 radical (unpaired) electrons. The number of carbonyl (C=O) groups is 1. The first-order valence-electron chi connectivity index (χ1n) is 16.8. The summed E-state index contributed by atoms with van der Waals surface area (Å²) in [5.41, 5.74) is 0.447. The van der Waals surface area contributed by atoms with E-state index in [9.17, 15) is 9.90 Å². The van der Waals surface area contributed by atoms with Crippen molar-refractivity contribution >= 4 is 21.8 Å². The summed E-state index contributed by atoms with van der Waals surface area (Å²) in [6, 6.07) is 23.5. The molecule has 0 bridgehead atoms. The summed E-state index contributed by atoms with van der Waals surface area (Å²) >= 11 is 3.49. The third kappa shape index (κ3) is 7.33. The molecule has 5 atom stereocenters. The maximum Gasteiger partial charge on any atom is 0.256 e. The molecule has 6 nitrogen and oxygen atoms in total. The molecular formula is C42H40BrFN2O4. The van der Waals surface area contributed by atoms with Crippen molar-refractivity contribution in [2.75, 3.05) is 19.8 Å². The lowest BCUT2D eigenvalue weighted by Gasteiger charge is -2.42. The van der Waals surface area contributed by atoms with Crippen LogP contribution in [-0.2, 0) is 20.6 Å². The zero-order valence-electron chi connectivity index (χ0n) is 27.7. The van der Waals surface area contributed by atoms with E-state index in [2.05, 4.69) is 81.4 Å². The topological polar surface area (TPSA) is 79.8 Å². The van der Waals surface area contributed by atoms with Crippen molar-refractivity contribution < 1.29 is 23.8 Å². The van der Waals surface area contributed by atoms with Gasteiger partial charge in [0.2, 0.25) is 0 Å². The molecule has 1 fully saturated rings. The highest BCUT2D eigenvalue weighted by Gasteiger charge is 2.54. The lowest BCUT2D eigenvalue weighted by Crippen LogP contribution is -2.53. The van der Waals surface area contributed by atoms with Gasteiger partial charge in [-0.05, 0) is 54.3 Å². The van der Waals surface area contributed by atoms with Crippen LogP contribution >= 0.6 is 15.9 Å². The molecule has 3 aliphatic rings. The Morgan fingerprint density at radius 2 is 1.86 bits per heavy atom. The Morgan fingerprint density at radius 3 is 2.60 bits per heavy atom. The Morgan fingerprint density at radius 1 is 1.08 bits per heavy atom. The van der Waals surface area contributed by atoms with Crippen molar-refractivity contribution in [2.24, 2.45) is 11.8 Å². The van der Waals surface area contributed by atoms with Crippen LogP contribution in [0.2, 0.25) is 0 Å². The number of benzene rings is 3. The zero-order chi connectivity index (χ0) is 35.0. The summed E-state index contributed by atoms with van der Waals surface area (Å²) in [5.74, 6) is 5.02. The van der Waals surface area contributed by atoms with Gasteiger partial charge in [-0.25, -0.2) is 4.39 Å². The van der Waals surface area contributed by atoms with E-state index in [-0.39, 0.29) is 43.0 Å². The number of halogens is 2. The Hall–Kier alpha value is -4.52. The van der Waals surface area contributed by atoms with Gasteiger partial charge in [-0.2, -0.15) is 0 Å². The van der Waals surface area contributed by atoms with Gasteiger partial charge in [-0.15, -0.1) is 0 Å². The number of carbonyl (C=O) groups excluding carboxylic acids is 1. The fraction of sp³-hybridized carbons (Fsp3) is 0.262. The van der Waals surface area contributed by atoms with Gasteiger partial charge in [0.15, 0.2) is 0 Å². The van der Waals surface area contributed by atoms with Gasteiger partial charge in [-0.1, -0.05) is 125 Å². The molecule has 8 heteroatoms. The van der Waals surface area contributed by atoms with Crippen LogP contribution in [0.15, 0.2) is 144 Å². The van der Waals surface area contributed by atoms with Crippen molar-refractivity contribution in [3.63, 3.8) is 0 Å². The van der Waals surface area contributed by atoms with Gasteiger partial charge in [0.05, 0.1) is 43.2 Å². The number of rotatable bonds is 12. The van der Waals surface area contributed by atoms with E-state index in [1.807, 2.05) is 42.5 Å². The smallest absolute Gasteiger partial charge is 0.256 e. The van der Waals surface area contributed by atoms with E-state index in [0.717, 1.165) is 24.0 Å². The van der Waals surface area contributed by atoms with Crippen LogP contribution in [0.3, 0.4) is 0 Å². The molecule has 2 unspecified atom stereocenters. The van der Waals surface area contributed by atoms with E-state index in [4.69, 9.17) is 9.47 Å². The highest BCUT2D eigenvalue weighted by atomic mass is 79.9. The Labute approximate surface area is 301 Å². The highest BCUT2D eigenvalue weighted by Crippen LogP contribution is 2.47. The van der Waals surface area contributed by atoms with Gasteiger partial charge in [0.1, 0.15) is 11.4 Å². The summed E-state index contributed by atoms with van der Waals surface area (Å²) in [6.45, 7) is 3.74. The first-order valence-corrected chi connectivity index (χ1v) is 17.6. The van der Waals surface area contributed by atoms with Crippen LogP contribution in [0.1, 0.15) is 40.7 Å². The summed E-state index contributed by atoms with van der Waals surface area (Å²) in [6.07, 6.45) is 16.0. The monoisotopic (exact) mass is 734 g/mol. The summed E-state index contributed by atoms with van der Waals surface area (Å²) < 4.78 is 30.2. The molecule has 3 aromatic rings. The normalized spacial score (nSPS) is 24.5. The molecule has 3 aromatic carbocycles. The molecule has 2 aliphatic carbocycles. The van der Waals surface area contributed by atoms with Gasteiger partial charge in [0.25, 0.3) is 5.91 Å². The third-order valence-electron chi connectivity index (χ3n) is 9.52. The Kier molecular flexibility index (Phi) is 11.3. The van der Waals surface area contributed by atoms with E-state index in [1.54, 1.807) is 36.4 Å². The molecule has 6 rings (SSSR count). The van der Waals surface area contributed by atoms with Crippen LogP contribution in [0.5, 0.6) is 0 Å². The predicted molar refractivity (Wildman–Crippen MR) is 197 cm³/mol. The molecule has 3 N–H and O–H groups in total. The molecule has 1 aliphatic heterocycles. The fourth-order valence-corrected chi connectivity index (χ4v) is 7.47. The lowest BCUT2D eigenvalue weighted by atomic mass is 9.72. The molecule has 0 spiro atoms. The Balaban J connectivity index is 1.37. The molecular weight excluding hydrogens is 695 g/mol. The molecule has 1 amide bonds. The van der Waals surface area contributed by atoms with Crippen LogP contribution in [-0.4, -0.2) is 36.9 Å². The minimum absolute atomic E-state index is 0.0302. The molecule has 50 heavy (non-hydrogen) atoms. The number of nitrogens with one attached hydrogen (secondary N) is 2. The van der Waals surface area contributed by atoms with Crippen molar-refractivity contribution in [3.8, 4) is 11.8 Å². The second-order valence-electron chi connectivity index (χ2n) is 12.5. The minimum atomic E-state index is -1.31. The first-order chi connectivity index (χ1) is 24.4. The average molecular weight is 736 g/mol. The van der Waals surface area contributed by atoms with Crippen LogP contribution in [0.4, 0.5) is 4.39 Å². The van der Waals surface area contributed by atoms with Crippen LogP contribution in [0.25, 0.3) is 0 Å². The van der Waals surface area contributed by atoms with Gasteiger partial charge >= 0.3 is 0 Å². The highest BCUT2D eigenvalue weighted by molar-refractivity contribution is 9.10. The Bertz CT molecular complexity index is 1880. The van der Waals surface area contributed by atoms with Crippen LogP contribution in [0, 0.1) is 29.5 Å². The quantitative estimate of drug-likeness (QED) is 0.167. The average Bonchev–Trinajstić information content (AvgIpc) is 3.48. The lowest BCUT2D eigenvalue weighted by molar-refractivity contribution is -0.0918. The summed E-state index contributed by atoms with van der Waals surface area (Å²) in [4.78, 5) is 13.1. The number of amides is 1. The SMILES string of the molecule is C=C(NC(=O)c1ccccc1)N[C@@]1(c2cc(Br)ccc2F)CO[C@H](COC(C2=CC=CCC2)(c2ccccc2)C2C#CC/C=C\C=C2)[C@H]1CO. The van der Waals surface area contributed by atoms with Gasteiger partial charge in [0, 0.05) is 27.9 Å². The summed E-state index contributed by atoms with van der Waals surface area (Å²) in [7, 11) is 0. The van der Waals surface area contributed by atoms with Crippen molar-refractivity contribution in [2.45, 2.75) is 36.5 Å². The summed E-state index contributed by atoms with van der Waals surface area (Å²) in [5, 5.41) is 17.2. The van der Waals surface area contributed by atoms with E-state index in [0.29, 0.717) is 16.5 Å². The zero-order valence-corrected chi connectivity index (χ0v) is 29.2. The van der Waals surface area contributed by atoms with Crippen molar-refractivity contribution in [1.82, 2.24) is 10.6 Å². The second-order valence-corrected chi connectivity index (χ2v) is 13.5. The van der Waals surface area contributed by atoms with E-state index < -0.39 is 29.0 Å². The van der Waals surface area contributed by atoms with E-state index >= 15 is 4.39 Å². The first kappa shape index (κ1) is 35.3. The fourth-order valence-electron chi connectivity index (χ4n) is 7.11. The van der Waals surface area contributed by atoms with Gasteiger partial charge in [-0.3, -0.25) is 4.79 Å². The van der Waals surface area contributed by atoms with Gasteiger partial charge < -0.3 is 25.2 Å². The van der Waals surface area contributed by atoms with E-state index in [1.165, 1.54) is 6.07 Å². The molecule has 1 heterocycles. The maximum atomic E-state index is 15.8. The second kappa shape index (κ2) is 16.0. The molecule has 1 saturated heterocycles. The van der Waals surface area contributed by atoms with Crippen molar-refractivity contribution in [3.05, 3.63) is 166 Å². The number of aliphatic hydroxyl groups is 1.